The number of nitrogens with one attached hydrogen (secondary N) is 1. The maximum absolute atomic E-state index is 13.3. The molecular formula is C30H38N4O8. The fourth-order valence-corrected chi connectivity index (χ4v) is 5.48. The van der Waals surface area contributed by atoms with E-state index >= 15 is 0 Å². The maximum Gasteiger partial charge on any atom is 0.336 e. The maximum atomic E-state index is 13.3. The van der Waals surface area contributed by atoms with E-state index in [2.05, 4.69) is 21.2 Å². The third-order valence-electron chi connectivity index (χ3n) is 7.53. The second-order valence-corrected chi connectivity index (χ2v) is 10.1. The molecule has 12 heteroatoms. The Morgan fingerprint density at radius 2 is 1.71 bits per heavy atom. The molecule has 0 radical (unpaired) electrons. The molecule has 226 valence electrons. The number of nitrogens with zero attached hydrogens (tertiary/aromatic N) is 3. The van der Waals surface area contributed by atoms with E-state index in [1.807, 2.05) is 18.2 Å². The van der Waals surface area contributed by atoms with Crippen LogP contribution < -0.4 is 15.0 Å². The summed E-state index contributed by atoms with van der Waals surface area (Å²) < 4.78 is 11.1. The summed E-state index contributed by atoms with van der Waals surface area (Å²) in [5, 5.41) is 24.3. The van der Waals surface area contributed by atoms with Gasteiger partial charge in [0, 0.05) is 49.7 Å². The Labute approximate surface area is 244 Å². The zero-order chi connectivity index (χ0) is 29.5. The van der Waals surface area contributed by atoms with Gasteiger partial charge >= 0.3 is 11.9 Å². The molecule has 1 fully saturated rings. The Kier molecular flexibility index (Phi) is 11.1. The Morgan fingerprint density at radius 1 is 1.02 bits per heavy atom. The normalized spacial score (nSPS) is 17.3. The lowest BCUT2D eigenvalue weighted by Gasteiger charge is -2.36. The van der Waals surface area contributed by atoms with E-state index in [4.69, 9.17) is 9.47 Å². The summed E-state index contributed by atoms with van der Waals surface area (Å²) in [5.74, 6) is -1.98. The van der Waals surface area contributed by atoms with Crippen molar-refractivity contribution in [2.24, 2.45) is 0 Å². The molecule has 0 spiro atoms. The van der Waals surface area contributed by atoms with Gasteiger partial charge in [-0.2, -0.15) is 0 Å². The van der Waals surface area contributed by atoms with Crippen LogP contribution in [0.2, 0.25) is 0 Å². The average Bonchev–Trinajstić information content (AvgIpc) is 2.96. The smallest absolute Gasteiger partial charge is 0.336 e. The highest BCUT2D eigenvalue weighted by Crippen LogP contribution is 2.39. The van der Waals surface area contributed by atoms with Crippen molar-refractivity contribution in [3.05, 3.63) is 86.7 Å². The number of aliphatic carboxylic acids is 1. The molecule has 4 N–H and O–H groups in total. The zero-order valence-electron chi connectivity index (χ0n) is 24.1. The number of benzene rings is 2. The van der Waals surface area contributed by atoms with Crippen LogP contribution >= 0.6 is 0 Å². The Balaban J connectivity index is 0.00000484. The summed E-state index contributed by atoms with van der Waals surface area (Å²) in [4.78, 5) is 41.0. The Hall–Kier alpha value is -4.42. The van der Waals surface area contributed by atoms with Crippen LogP contribution in [-0.2, 0) is 14.3 Å². The first kappa shape index (κ1) is 32.1. The van der Waals surface area contributed by atoms with Crippen LogP contribution in [0.15, 0.2) is 71.1 Å². The number of dihydropyridines is 1. The van der Waals surface area contributed by atoms with Crippen LogP contribution in [0.1, 0.15) is 38.2 Å². The highest BCUT2D eigenvalue weighted by molar-refractivity contribution is 5.99. The minimum absolute atomic E-state index is 0. The van der Waals surface area contributed by atoms with Gasteiger partial charge in [-0.25, -0.2) is 9.59 Å². The minimum Gasteiger partial charge on any atom is -0.495 e. The van der Waals surface area contributed by atoms with Crippen molar-refractivity contribution in [3.63, 3.8) is 0 Å². The largest absolute Gasteiger partial charge is 0.495 e. The number of carbonyl (C=O) groups excluding carboxylic acids is 1. The van der Waals surface area contributed by atoms with E-state index in [1.165, 1.54) is 18.2 Å². The van der Waals surface area contributed by atoms with Gasteiger partial charge in [-0.05, 0) is 50.9 Å². The van der Waals surface area contributed by atoms with Gasteiger partial charge in [0.1, 0.15) is 5.75 Å². The average molecular weight is 583 g/mol. The molecule has 4 rings (SSSR count). The van der Waals surface area contributed by atoms with Crippen molar-refractivity contribution in [3.8, 4) is 5.75 Å². The first-order valence-electron chi connectivity index (χ1n) is 13.6. The highest BCUT2D eigenvalue weighted by Gasteiger charge is 2.37. The van der Waals surface area contributed by atoms with Crippen molar-refractivity contribution < 1.29 is 34.6 Å². The molecule has 2 heterocycles. The van der Waals surface area contributed by atoms with E-state index in [-0.39, 0.29) is 28.9 Å². The first-order valence-corrected chi connectivity index (χ1v) is 13.6. The van der Waals surface area contributed by atoms with E-state index in [9.17, 15) is 24.8 Å². The number of anilines is 1. The molecule has 0 amide bonds. The number of piperazine rings is 1. The van der Waals surface area contributed by atoms with Gasteiger partial charge in [-0.15, -0.1) is 0 Å². The fraction of sp³-hybridized carbons (Fsp3) is 0.400. The second kappa shape index (κ2) is 14.5. The van der Waals surface area contributed by atoms with Crippen LogP contribution in [0.5, 0.6) is 5.75 Å². The zero-order valence-corrected chi connectivity index (χ0v) is 24.1. The molecule has 2 aliphatic rings. The van der Waals surface area contributed by atoms with Crippen molar-refractivity contribution in [2.75, 3.05) is 51.3 Å². The lowest BCUT2D eigenvalue weighted by Crippen LogP contribution is -2.46. The summed E-state index contributed by atoms with van der Waals surface area (Å²) in [7, 11) is 1.68. The number of carboxylic acids is 1. The number of rotatable bonds is 11. The number of unbranched alkanes of at least 4 members (excludes halogenated alkanes) is 1. The van der Waals surface area contributed by atoms with E-state index in [0.717, 1.165) is 50.6 Å². The molecule has 2 aliphatic heterocycles. The Bertz CT molecular complexity index is 1360. The monoisotopic (exact) mass is 582 g/mol. The summed E-state index contributed by atoms with van der Waals surface area (Å²) >= 11 is 0. The first-order chi connectivity index (χ1) is 19.7. The summed E-state index contributed by atoms with van der Waals surface area (Å²) in [6.07, 6.45) is 1.49. The van der Waals surface area contributed by atoms with E-state index in [0.29, 0.717) is 23.4 Å². The molecule has 2 aromatic rings. The standard InChI is InChI=1S/C30H36N4O7.H2O/c1-20-26(29(35)36)28(22-9-8-10-23(19-22)34(38)39)27(21(2)31-20)30(37)41-18-7-6-13-32-14-16-33(17-15-32)24-11-4-5-12-25(24)40-3;/h4-5,8-12,19,28,31H,6-7,13-18H2,1-3H3,(H,35,36);1H2. The number of nitro groups is 1. The predicted octanol–water partition coefficient (Wildman–Crippen LogP) is 3.24. The number of esters is 1. The van der Waals surface area contributed by atoms with E-state index < -0.39 is 22.8 Å². The highest BCUT2D eigenvalue weighted by atomic mass is 16.6. The van der Waals surface area contributed by atoms with Crippen LogP contribution in [0.4, 0.5) is 11.4 Å². The molecular weight excluding hydrogens is 544 g/mol. The molecule has 1 saturated heterocycles. The van der Waals surface area contributed by atoms with E-state index in [1.54, 1.807) is 27.0 Å². The topological polar surface area (TPSA) is 166 Å². The molecule has 1 atom stereocenters. The predicted molar refractivity (Wildman–Crippen MR) is 157 cm³/mol. The number of hydrogen-bond donors (Lipinski definition) is 2. The van der Waals surface area contributed by atoms with Gasteiger partial charge in [0.15, 0.2) is 0 Å². The third-order valence-corrected chi connectivity index (χ3v) is 7.53. The van der Waals surface area contributed by atoms with Gasteiger partial charge < -0.3 is 30.3 Å². The molecule has 12 nitrogen and oxygen atoms in total. The van der Waals surface area contributed by atoms with Crippen LogP contribution in [-0.4, -0.2) is 78.8 Å². The molecule has 0 aromatic heterocycles. The lowest BCUT2D eigenvalue weighted by atomic mass is 9.80. The molecule has 0 saturated carbocycles. The van der Waals surface area contributed by atoms with Gasteiger partial charge in [0.2, 0.25) is 0 Å². The molecule has 42 heavy (non-hydrogen) atoms. The third kappa shape index (κ3) is 7.25. The van der Waals surface area contributed by atoms with Crippen molar-refractivity contribution in [1.29, 1.82) is 0 Å². The van der Waals surface area contributed by atoms with Gasteiger partial charge in [0.05, 0.1) is 41.4 Å². The van der Waals surface area contributed by atoms with Crippen LogP contribution in [0, 0.1) is 10.1 Å². The number of carbonyl (C=O) groups is 2. The number of nitro benzene ring substituents is 1. The summed E-state index contributed by atoms with van der Waals surface area (Å²) in [5.41, 5.74) is 2.18. The molecule has 1 unspecified atom stereocenters. The number of non-ortho nitro benzene ring substituents is 1. The molecule has 0 bridgehead atoms. The molecule has 2 aromatic carbocycles. The number of allylic oxidation sites excluding steroid dienone is 2. The van der Waals surface area contributed by atoms with Crippen molar-refractivity contribution in [2.45, 2.75) is 32.6 Å². The number of ether oxygens (including phenoxy) is 2. The number of hydrogen-bond acceptors (Lipinski definition) is 9. The number of para-hydroxylation sites is 2. The number of carboxylic acid groups (broad SMARTS) is 1. The molecule has 0 aliphatic carbocycles. The quantitative estimate of drug-likeness (QED) is 0.174. The minimum atomic E-state index is -1.21. The lowest BCUT2D eigenvalue weighted by molar-refractivity contribution is -0.384. The van der Waals surface area contributed by atoms with Crippen molar-refractivity contribution >= 4 is 23.3 Å². The van der Waals surface area contributed by atoms with Crippen molar-refractivity contribution in [1.82, 2.24) is 10.2 Å². The SMILES string of the molecule is COc1ccccc1N1CCN(CCCCOC(=O)C2=C(C)NC(C)=C(C(=O)O)C2c2cccc([N+](=O)[O-])c2)CC1.O. The van der Waals surface area contributed by atoms with Crippen LogP contribution in [0.3, 0.4) is 0 Å². The van der Waals surface area contributed by atoms with Gasteiger partial charge in [-0.1, -0.05) is 24.3 Å². The Morgan fingerprint density at radius 3 is 2.38 bits per heavy atom. The fourth-order valence-electron chi connectivity index (χ4n) is 5.48. The van der Waals surface area contributed by atoms with Crippen LogP contribution in [0.25, 0.3) is 0 Å². The second-order valence-electron chi connectivity index (χ2n) is 10.1. The number of methoxy groups -OCH3 is 1. The van der Waals surface area contributed by atoms with Gasteiger partial charge in [0.25, 0.3) is 5.69 Å². The summed E-state index contributed by atoms with van der Waals surface area (Å²) in [6.45, 7) is 7.98. The van der Waals surface area contributed by atoms with Gasteiger partial charge in [-0.3, -0.25) is 15.0 Å². The summed E-state index contributed by atoms with van der Waals surface area (Å²) in [6, 6.07) is 13.7.